The summed E-state index contributed by atoms with van der Waals surface area (Å²) in [4.78, 5) is 8.78. The van der Waals surface area contributed by atoms with Crippen LogP contribution in [0.1, 0.15) is 31.2 Å². The maximum atomic E-state index is 13.1. The molecule has 148 valence electrons. The van der Waals surface area contributed by atoms with Crippen LogP contribution >= 0.6 is 15.9 Å². The van der Waals surface area contributed by atoms with E-state index in [1.165, 1.54) is 16.5 Å². The molecule has 1 aliphatic rings. The molecule has 0 unspecified atom stereocenters. The highest BCUT2D eigenvalue weighted by molar-refractivity contribution is 9.10. The van der Waals surface area contributed by atoms with Gasteiger partial charge in [-0.05, 0) is 60.7 Å². The molecule has 0 atom stereocenters. The van der Waals surface area contributed by atoms with E-state index >= 15 is 0 Å². The van der Waals surface area contributed by atoms with Gasteiger partial charge in [0, 0.05) is 16.7 Å². The van der Waals surface area contributed by atoms with Crippen LogP contribution in [-0.2, 0) is 10.0 Å². The highest BCUT2D eigenvalue weighted by Gasteiger charge is 2.25. The second-order valence-corrected chi connectivity index (χ2v) is 9.83. The molecular formula is C19H21BrN4O3S. The minimum absolute atomic E-state index is 0.186. The molecule has 4 rings (SSSR count). The number of nitrogens with zero attached hydrogens (tertiary/aromatic N) is 3. The van der Waals surface area contributed by atoms with E-state index in [9.17, 15) is 13.5 Å². The quantitative estimate of drug-likeness (QED) is 0.613. The number of aliphatic hydroxyl groups excluding tert-OH is 1. The van der Waals surface area contributed by atoms with Crippen LogP contribution in [0.25, 0.3) is 11.0 Å². The average molecular weight is 465 g/mol. The van der Waals surface area contributed by atoms with Crippen LogP contribution < -0.4 is 5.32 Å². The molecule has 1 aromatic carbocycles. The highest BCUT2D eigenvalue weighted by Crippen LogP contribution is 2.33. The fraction of sp³-hybridized carbons (Fsp3) is 0.368. The molecule has 3 aromatic rings. The third-order valence-corrected chi connectivity index (χ3v) is 7.39. The van der Waals surface area contributed by atoms with Gasteiger partial charge in [-0.2, -0.15) is 0 Å². The number of hydrogen-bond donors (Lipinski definition) is 2. The number of halogens is 1. The number of anilines is 1. The molecule has 1 fully saturated rings. The molecule has 9 heteroatoms. The lowest BCUT2D eigenvalue weighted by Gasteiger charge is -2.26. The van der Waals surface area contributed by atoms with Crippen LogP contribution in [0.5, 0.6) is 0 Å². The Morgan fingerprint density at radius 2 is 1.82 bits per heavy atom. The van der Waals surface area contributed by atoms with Crippen molar-refractivity contribution in [3.05, 3.63) is 46.8 Å². The summed E-state index contributed by atoms with van der Waals surface area (Å²) in [5.41, 5.74) is 1.31. The Balaban J connectivity index is 1.75. The smallest absolute Gasteiger partial charge is 0.269 e. The predicted octanol–water partition coefficient (Wildman–Crippen LogP) is 3.45. The Bertz CT molecular complexity index is 1100. The molecular weight excluding hydrogens is 444 g/mol. The molecule has 1 saturated carbocycles. The van der Waals surface area contributed by atoms with Crippen LogP contribution in [-0.4, -0.2) is 39.6 Å². The highest BCUT2D eigenvalue weighted by atomic mass is 79.9. The number of aryl methyl sites for hydroxylation is 1. The second kappa shape index (κ2) is 7.46. The topological polar surface area (TPSA) is 97.1 Å². The van der Waals surface area contributed by atoms with E-state index in [2.05, 4.69) is 31.2 Å². The minimum atomic E-state index is -3.78. The van der Waals surface area contributed by atoms with Crippen LogP contribution in [0.3, 0.4) is 0 Å². The van der Waals surface area contributed by atoms with Gasteiger partial charge in [0.25, 0.3) is 10.0 Å². The zero-order chi connectivity index (χ0) is 19.9. The van der Waals surface area contributed by atoms with Crippen molar-refractivity contribution >= 4 is 42.8 Å². The zero-order valence-electron chi connectivity index (χ0n) is 15.3. The van der Waals surface area contributed by atoms with Crippen molar-refractivity contribution in [1.29, 1.82) is 0 Å². The first-order valence-corrected chi connectivity index (χ1v) is 11.4. The van der Waals surface area contributed by atoms with Gasteiger partial charge in [0.1, 0.15) is 12.1 Å². The van der Waals surface area contributed by atoms with Crippen molar-refractivity contribution in [3.63, 3.8) is 0 Å². The van der Waals surface area contributed by atoms with Crippen LogP contribution in [0, 0.1) is 6.92 Å². The molecule has 2 aromatic heterocycles. The third kappa shape index (κ3) is 3.54. The van der Waals surface area contributed by atoms with Crippen molar-refractivity contribution < 1.29 is 13.5 Å². The molecule has 0 spiro atoms. The third-order valence-electron chi connectivity index (χ3n) is 5.12. The fourth-order valence-electron chi connectivity index (χ4n) is 3.52. The summed E-state index contributed by atoms with van der Waals surface area (Å²) in [6.07, 6.45) is 5.82. The Hall–Kier alpha value is -1.97. The predicted molar refractivity (Wildman–Crippen MR) is 111 cm³/mol. The lowest BCUT2D eigenvalue weighted by atomic mass is 9.93. The van der Waals surface area contributed by atoms with Crippen molar-refractivity contribution in [1.82, 2.24) is 13.9 Å². The van der Waals surface area contributed by atoms with E-state index in [1.54, 1.807) is 24.3 Å². The second-order valence-electron chi connectivity index (χ2n) is 7.16. The molecule has 0 bridgehead atoms. The molecule has 1 aliphatic carbocycles. The monoisotopic (exact) mass is 464 g/mol. The van der Waals surface area contributed by atoms with Gasteiger partial charge in [-0.1, -0.05) is 17.7 Å². The Labute approximate surface area is 172 Å². The summed E-state index contributed by atoms with van der Waals surface area (Å²) in [6.45, 7) is 1.91. The molecule has 2 N–H and O–H groups in total. The standard InChI is InChI=1S/C19H21BrN4O3S/c1-12-2-8-15(9-3-12)28(26,27)24-10-16(20)17-18(21-11-22-19(17)24)23-13-4-6-14(25)7-5-13/h2-3,8-11,13-14,25H,4-7H2,1H3,(H,21,22,23)/t13-,14-. The lowest BCUT2D eigenvalue weighted by molar-refractivity contribution is 0.126. The molecule has 7 nitrogen and oxygen atoms in total. The van der Waals surface area contributed by atoms with E-state index in [-0.39, 0.29) is 17.0 Å². The number of aliphatic hydroxyl groups is 1. The van der Waals surface area contributed by atoms with E-state index < -0.39 is 10.0 Å². The number of rotatable bonds is 4. The first kappa shape index (κ1) is 19.4. The first-order valence-electron chi connectivity index (χ1n) is 9.14. The van der Waals surface area contributed by atoms with Gasteiger partial charge in [0.15, 0.2) is 5.65 Å². The maximum absolute atomic E-state index is 13.1. The molecule has 0 radical (unpaired) electrons. The van der Waals surface area contributed by atoms with Crippen molar-refractivity contribution in [2.24, 2.45) is 0 Å². The summed E-state index contributed by atoms with van der Waals surface area (Å²) in [5, 5.41) is 13.7. The molecule has 28 heavy (non-hydrogen) atoms. The Morgan fingerprint density at radius 1 is 1.14 bits per heavy atom. The van der Waals surface area contributed by atoms with E-state index in [0.29, 0.717) is 21.3 Å². The van der Waals surface area contributed by atoms with Crippen LogP contribution in [0.2, 0.25) is 0 Å². The van der Waals surface area contributed by atoms with Gasteiger partial charge < -0.3 is 10.4 Å². The lowest BCUT2D eigenvalue weighted by Crippen LogP contribution is -2.28. The summed E-state index contributed by atoms with van der Waals surface area (Å²) in [6, 6.07) is 6.92. The van der Waals surface area contributed by atoms with Gasteiger partial charge in [0.2, 0.25) is 0 Å². The van der Waals surface area contributed by atoms with Gasteiger partial charge >= 0.3 is 0 Å². The number of aromatic nitrogens is 3. The Morgan fingerprint density at radius 3 is 2.50 bits per heavy atom. The van der Waals surface area contributed by atoms with E-state index in [4.69, 9.17) is 0 Å². The van der Waals surface area contributed by atoms with Crippen LogP contribution in [0.4, 0.5) is 5.82 Å². The van der Waals surface area contributed by atoms with Gasteiger partial charge in [-0.15, -0.1) is 0 Å². The van der Waals surface area contributed by atoms with E-state index in [0.717, 1.165) is 31.2 Å². The van der Waals surface area contributed by atoms with E-state index in [1.807, 2.05) is 6.92 Å². The largest absolute Gasteiger partial charge is 0.393 e. The number of fused-ring (bicyclic) bond motifs is 1. The van der Waals surface area contributed by atoms with Gasteiger partial charge in [-0.25, -0.2) is 22.4 Å². The van der Waals surface area contributed by atoms with Crippen molar-refractivity contribution in [2.45, 2.75) is 49.6 Å². The number of nitrogens with one attached hydrogen (secondary N) is 1. The minimum Gasteiger partial charge on any atom is -0.393 e. The van der Waals surface area contributed by atoms with Crippen LogP contribution in [0.15, 0.2) is 46.2 Å². The molecule has 0 amide bonds. The van der Waals surface area contributed by atoms with Gasteiger partial charge in [-0.3, -0.25) is 0 Å². The van der Waals surface area contributed by atoms with Gasteiger partial charge in [0.05, 0.1) is 16.4 Å². The Kier molecular flexibility index (Phi) is 5.15. The average Bonchev–Trinajstić information content (AvgIpc) is 3.03. The summed E-state index contributed by atoms with van der Waals surface area (Å²) >= 11 is 3.47. The SMILES string of the molecule is Cc1ccc(S(=O)(=O)n2cc(Br)c3c(N[C@H]4CC[C@H](O)CC4)ncnc32)cc1. The summed E-state index contributed by atoms with van der Waals surface area (Å²) in [7, 11) is -3.78. The first-order chi connectivity index (χ1) is 13.4. The fourth-order valence-corrected chi connectivity index (χ4v) is 5.54. The molecule has 2 heterocycles. The number of hydrogen-bond acceptors (Lipinski definition) is 6. The van der Waals surface area contributed by atoms with Crippen molar-refractivity contribution in [2.75, 3.05) is 5.32 Å². The number of benzene rings is 1. The maximum Gasteiger partial charge on any atom is 0.269 e. The summed E-state index contributed by atoms with van der Waals surface area (Å²) < 4.78 is 28.1. The normalized spacial score (nSPS) is 20.4. The summed E-state index contributed by atoms with van der Waals surface area (Å²) in [5.74, 6) is 0.594. The van der Waals surface area contributed by atoms with Crippen molar-refractivity contribution in [3.8, 4) is 0 Å². The molecule has 0 saturated heterocycles. The molecule has 0 aliphatic heterocycles. The zero-order valence-corrected chi connectivity index (χ0v) is 17.7.